The standard InChI is InChI=1S/C17H22O5/c1-10(6-8-15(19)20)5-7-13-16(21)14(12(3)18)9-11(2)17(13)22-4/h5,9,21H,6-8H2,1-4H3,(H,19,20)/b10-5+. The van der Waals surface area contributed by atoms with Crippen molar-refractivity contribution in [1.82, 2.24) is 0 Å². The summed E-state index contributed by atoms with van der Waals surface area (Å²) in [5.41, 5.74) is 2.50. The number of phenolic OH excluding ortho intramolecular Hbond substituents is 1. The normalized spacial score (nSPS) is 11.4. The molecule has 1 aromatic rings. The van der Waals surface area contributed by atoms with Gasteiger partial charge in [-0.1, -0.05) is 11.6 Å². The van der Waals surface area contributed by atoms with Crippen molar-refractivity contribution >= 4 is 11.8 Å². The lowest BCUT2D eigenvalue weighted by atomic mass is 9.97. The van der Waals surface area contributed by atoms with E-state index in [-0.39, 0.29) is 23.5 Å². The average molecular weight is 306 g/mol. The van der Waals surface area contributed by atoms with Gasteiger partial charge in [0.1, 0.15) is 11.5 Å². The number of methoxy groups -OCH3 is 1. The monoisotopic (exact) mass is 306 g/mol. The molecule has 0 heterocycles. The molecule has 0 fully saturated rings. The highest BCUT2D eigenvalue weighted by Gasteiger charge is 2.18. The number of carbonyl (C=O) groups is 2. The lowest BCUT2D eigenvalue weighted by Gasteiger charge is -2.15. The summed E-state index contributed by atoms with van der Waals surface area (Å²) in [5, 5.41) is 19.0. The molecule has 1 aromatic carbocycles. The van der Waals surface area contributed by atoms with Gasteiger partial charge >= 0.3 is 5.97 Å². The molecule has 0 aliphatic carbocycles. The number of allylic oxidation sites excluding steroid dienone is 2. The van der Waals surface area contributed by atoms with Gasteiger partial charge in [-0.25, -0.2) is 0 Å². The van der Waals surface area contributed by atoms with E-state index < -0.39 is 5.97 Å². The molecule has 1 rings (SSSR count). The number of Topliss-reactive ketones (excluding diaryl/α,β-unsaturated/α-hetero) is 1. The highest BCUT2D eigenvalue weighted by Crippen LogP contribution is 2.35. The fourth-order valence-electron chi connectivity index (χ4n) is 2.28. The second-order valence-electron chi connectivity index (χ2n) is 5.31. The average Bonchev–Trinajstić information content (AvgIpc) is 2.44. The zero-order valence-corrected chi connectivity index (χ0v) is 13.4. The predicted octanol–water partition coefficient (Wildman–Crippen LogP) is 3.27. The predicted molar refractivity (Wildman–Crippen MR) is 83.7 cm³/mol. The molecular formula is C17H22O5. The minimum atomic E-state index is -0.845. The number of hydrogen-bond donors (Lipinski definition) is 2. The van der Waals surface area contributed by atoms with Crippen LogP contribution in [0.4, 0.5) is 0 Å². The van der Waals surface area contributed by atoms with Gasteiger partial charge in [-0.2, -0.15) is 0 Å². The number of carbonyl (C=O) groups excluding carboxylic acids is 1. The number of hydrogen-bond acceptors (Lipinski definition) is 4. The van der Waals surface area contributed by atoms with Crippen molar-refractivity contribution in [3.05, 3.63) is 34.4 Å². The maximum absolute atomic E-state index is 11.6. The minimum Gasteiger partial charge on any atom is -0.507 e. The van der Waals surface area contributed by atoms with E-state index in [2.05, 4.69) is 0 Å². The van der Waals surface area contributed by atoms with Crippen LogP contribution in [-0.2, 0) is 11.2 Å². The molecule has 0 aliphatic heterocycles. The van der Waals surface area contributed by atoms with Crippen molar-refractivity contribution in [3.63, 3.8) is 0 Å². The molecule has 2 N–H and O–H groups in total. The zero-order chi connectivity index (χ0) is 16.9. The first kappa shape index (κ1) is 17.8. The summed E-state index contributed by atoms with van der Waals surface area (Å²) >= 11 is 0. The summed E-state index contributed by atoms with van der Waals surface area (Å²) < 4.78 is 5.33. The Morgan fingerprint density at radius 2 is 1.91 bits per heavy atom. The third-order valence-corrected chi connectivity index (χ3v) is 3.51. The van der Waals surface area contributed by atoms with E-state index in [1.54, 1.807) is 6.07 Å². The third kappa shape index (κ3) is 4.35. The smallest absolute Gasteiger partial charge is 0.303 e. The Morgan fingerprint density at radius 3 is 2.41 bits per heavy atom. The number of rotatable bonds is 7. The number of ether oxygens (including phenoxy) is 1. The van der Waals surface area contributed by atoms with E-state index in [9.17, 15) is 14.7 Å². The number of carboxylic acids is 1. The van der Waals surface area contributed by atoms with Gasteiger partial charge in [0.05, 0.1) is 12.7 Å². The van der Waals surface area contributed by atoms with Crippen molar-refractivity contribution in [2.75, 3.05) is 7.11 Å². The summed E-state index contributed by atoms with van der Waals surface area (Å²) in [4.78, 5) is 22.2. The summed E-state index contributed by atoms with van der Waals surface area (Å²) in [5.74, 6) is -0.583. The van der Waals surface area contributed by atoms with E-state index in [0.717, 1.165) is 11.1 Å². The summed E-state index contributed by atoms with van der Waals surface area (Å²) in [7, 11) is 1.51. The van der Waals surface area contributed by atoms with Crippen LogP contribution in [-0.4, -0.2) is 29.1 Å². The van der Waals surface area contributed by atoms with Crippen LogP contribution in [0, 0.1) is 6.92 Å². The van der Waals surface area contributed by atoms with E-state index >= 15 is 0 Å². The topological polar surface area (TPSA) is 83.8 Å². The van der Waals surface area contributed by atoms with Crippen LogP contribution >= 0.6 is 0 Å². The van der Waals surface area contributed by atoms with Crippen LogP contribution in [0.1, 0.15) is 48.2 Å². The minimum absolute atomic E-state index is 0.0674. The fraction of sp³-hybridized carbons (Fsp3) is 0.412. The molecule has 22 heavy (non-hydrogen) atoms. The maximum atomic E-state index is 11.6. The van der Waals surface area contributed by atoms with E-state index in [0.29, 0.717) is 24.2 Å². The molecule has 0 bridgehead atoms. The number of ketones is 1. The molecule has 0 aliphatic rings. The molecule has 0 spiro atoms. The Bertz CT molecular complexity index is 614. The fourth-order valence-corrected chi connectivity index (χ4v) is 2.28. The molecule has 0 aromatic heterocycles. The van der Waals surface area contributed by atoms with Gasteiger partial charge in [0.2, 0.25) is 0 Å². The lowest BCUT2D eigenvalue weighted by Crippen LogP contribution is -2.02. The molecule has 120 valence electrons. The molecule has 0 amide bonds. The van der Waals surface area contributed by atoms with Gasteiger partial charge in [-0.05, 0) is 45.2 Å². The Hall–Kier alpha value is -2.30. The van der Waals surface area contributed by atoms with Crippen LogP contribution in [0.3, 0.4) is 0 Å². The molecular weight excluding hydrogens is 284 g/mol. The van der Waals surface area contributed by atoms with Crippen molar-refractivity contribution in [2.24, 2.45) is 0 Å². The van der Waals surface area contributed by atoms with E-state index in [1.165, 1.54) is 14.0 Å². The molecule has 0 saturated heterocycles. The van der Waals surface area contributed by atoms with Crippen molar-refractivity contribution < 1.29 is 24.5 Å². The molecule has 5 nitrogen and oxygen atoms in total. The number of benzene rings is 1. The first-order valence-corrected chi connectivity index (χ1v) is 7.05. The van der Waals surface area contributed by atoms with Crippen LogP contribution in [0.5, 0.6) is 11.5 Å². The maximum Gasteiger partial charge on any atom is 0.303 e. The summed E-state index contributed by atoms with van der Waals surface area (Å²) in [6.07, 6.45) is 2.74. The number of carboxylic acid groups (broad SMARTS) is 1. The molecule has 0 unspecified atom stereocenters. The number of aromatic hydroxyl groups is 1. The highest BCUT2D eigenvalue weighted by molar-refractivity contribution is 5.97. The van der Waals surface area contributed by atoms with Gasteiger partial charge in [0.15, 0.2) is 5.78 Å². The van der Waals surface area contributed by atoms with Gasteiger partial charge < -0.3 is 14.9 Å². The Morgan fingerprint density at radius 1 is 1.27 bits per heavy atom. The van der Waals surface area contributed by atoms with Crippen molar-refractivity contribution in [2.45, 2.75) is 40.0 Å². The van der Waals surface area contributed by atoms with Crippen LogP contribution < -0.4 is 4.74 Å². The molecule has 0 atom stereocenters. The van der Waals surface area contributed by atoms with E-state index in [4.69, 9.17) is 9.84 Å². The Kier molecular flexibility index (Phi) is 6.16. The SMILES string of the molecule is COc1c(C)cc(C(C)=O)c(O)c1C/C=C(\C)CCC(=O)O. The van der Waals surface area contributed by atoms with Gasteiger partial charge in [0, 0.05) is 12.0 Å². The quantitative estimate of drug-likeness (QED) is 0.596. The Balaban J connectivity index is 3.14. The molecule has 0 saturated carbocycles. The number of aliphatic carboxylic acids is 1. The van der Waals surface area contributed by atoms with Crippen LogP contribution in [0.15, 0.2) is 17.7 Å². The highest BCUT2D eigenvalue weighted by atomic mass is 16.5. The second-order valence-corrected chi connectivity index (χ2v) is 5.31. The van der Waals surface area contributed by atoms with Crippen LogP contribution in [0.25, 0.3) is 0 Å². The summed E-state index contributed by atoms with van der Waals surface area (Å²) in [6, 6.07) is 1.61. The number of aryl methyl sites for hydroxylation is 1. The first-order chi connectivity index (χ1) is 10.3. The van der Waals surface area contributed by atoms with Crippen LogP contribution in [0.2, 0.25) is 0 Å². The second kappa shape index (κ2) is 7.64. The third-order valence-electron chi connectivity index (χ3n) is 3.51. The van der Waals surface area contributed by atoms with E-state index in [1.807, 2.05) is 19.9 Å². The van der Waals surface area contributed by atoms with Crippen molar-refractivity contribution in [3.8, 4) is 11.5 Å². The largest absolute Gasteiger partial charge is 0.507 e. The molecule has 5 heteroatoms. The summed E-state index contributed by atoms with van der Waals surface area (Å²) in [6.45, 7) is 5.06. The first-order valence-electron chi connectivity index (χ1n) is 7.05. The van der Waals surface area contributed by atoms with Gasteiger partial charge in [0.25, 0.3) is 0 Å². The Labute approximate surface area is 130 Å². The van der Waals surface area contributed by atoms with Gasteiger partial charge in [-0.15, -0.1) is 0 Å². The van der Waals surface area contributed by atoms with Crippen molar-refractivity contribution in [1.29, 1.82) is 0 Å². The zero-order valence-electron chi connectivity index (χ0n) is 13.4. The molecule has 0 radical (unpaired) electrons. The van der Waals surface area contributed by atoms with Gasteiger partial charge in [-0.3, -0.25) is 9.59 Å². The number of phenols is 1. The lowest BCUT2D eigenvalue weighted by molar-refractivity contribution is -0.136.